The Balaban J connectivity index is 1.83. The van der Waals surface area contributed by atoms with Crippen molar-refractivity contribution in [2.75, 3.05) is 0 Å². The van der Waals surface area contributed by atoms with Crippen molar-refractivity contribution in [3.63, 3.8) is 0 Å². The Labute approximate surface area is 146 Å². The summed E-state index contributed by atoms with van der Waals surface area (Å²) in [5.74, 6) is -0.354. The SMILES string of the molecule is CC1=C(C(=O)OCc2ccccc2)[C@H](c2ccccc2)NC(=S)N1. The molecule has 1 atom stereocenters. The third kappa shape index (κ3) is 3.63. The van der Waals surface area contributed by atoms with Gasteiger partial charge in [0.15, 0.2) is 5.11 Å². The summed E-state index contributed by atoms with van der Waals surface area (Å²) in [5.41, 5.74) is 3.18. The highest BCUT2D eigenvalue weighted by Crippen LogP contribution is 2.27. The zero-order chi connectivity index (χ0) is 16.9. The first-order chi connectivity index (χ1) is 11.6. The van der Waals surface area contributed by atoms with Gasteiger partial charge in [-0.05, 0) is 30.3 Å². The smallest absolute Gasteiger partial charge is 0.338 e. The van der Waals surface area contributed by atoms with E-state index in [9.17, 15) is 4.79 Å². The van der Waals surface area contributed by atoms with Crippen LogP contribution in [-0.2, 0) is 16.1 Å². The van der Waals surface area contributed by atoms with Crippen molar-refractivity contribution < 1.29 is 9.53 Å². The maximum absolute atomic E-state index is 12.7. The number of nitrogens with one attached hydrogen (secondary N) is 2. The number of hydrogen-bond acceptors (Lipinski definition) is 3. The summed E-state index contributed by atoms with van der Waals surface area (Å²) in [6.07, 6.45) is 0. The molecule has 0 aliphatic carbocycles. The Kier molecular flexibility index (Phi) is 4.91. The summed E-state index contributed by atoms with van der Waals surface area (Å²) in [6.45, 7) is 2.07. The minimum atomic E-state index is -0.354. The molecule has 0 fully saturated rings. The first-order valence-electron chi connectivity index (χ1n) is 7.69. The Bertz CT molecular complexity index is 772. The Morgan fingerprint density at radius 1 is 1.08 bits per heavy atom. The molecule has 0 aromatic heterocycles. The number of ether oxygens (including phenoxy) is 1. The van der Waals surface area contributed by atoms with E-state index in [-0.39, 0.29) is 18.6 Å². The monoisotopic (exact) mass is 338 g/mol. The third-order valence-electron chi connectivity index (χ3n) is 3.83. The molecular weight excluding hydrogens is 320 g/mol. The summed E-state index contributed by atoms with van der Waals surface area (Å²) in [7, 11) is 0. The van der Waals surface area contributed by atoms with Gasteiger partial charge in [-0.2, -0.15) is 0 Å². The summed E-state index contributed by atoms with van der Waals surface area (Å²) in [6, 6.07) is 19.0. The molecule has 0 saturated heterocycles. The molecule has 0 saturated carbocycles. The van der Waals surface area contributed by atoms with Crippen LogP contribution >= 0.6 is 12.2 Å². The number of allylic oxidation sites excluding steroid dienone is 1. The number of carbonyl (C=O) groups excluding carboxylic acids is 1. The average Bonchev–Trinajstić information content (AvgIpc) is 2.60. The van der Waals surface area contributed by atoms with Gasteiger partial charge in [0.25, 0.3) is 0 Å². The summed E-state index contributed by atoms with van der Waals surface area (Å²) in [5, 5.41) is 6.66. The van der Waals surface area contributed by atoms with E-state index in [2.05, 4.69) is 10.6 Å². The van der Waals surface area contributed by atoms with Crippen LogP contribution in [0, 0.1) is 0 Å². The fraction of sp³-hybridized carbons (Fsp3) is 0.158. The molecule has 3 rings (SSSR count). The second-order valence-electron chi connectivity index (χ2n) is 5.54. The second-order valence-corrected chi connectivity index (χ2v) is 5.95. The summed E-state index contributed by atoms with van der Waals surface area (Å²) >= 11 is 5.23. The van der Waals surface area contributed by atoms with Gasteiger partial charge in [0.1, 0.15) is 6.61 Å². The molecule has 0 radical (unpaired) electrons. The molecule has 0 spiro atoms. The van der Waals surface area contributed by atoms with Gasteiger partial charge in [0.05, 0.1) is 11.6 Å². The molecule has 5 heteroatoms. The van der Waals surface area contributed by atoms with Crippen LogP contribution < -0.4 is 10.6 Å². The van der Waals surface area contributed by atoms with Crippen molar-refractivity contribution in [1.29, 1.82) is 0 Å². The van der Waals surface area contributed by atoms with Crippen LogP contribution in [0.15, 0.2) is 71.9 Å². The summed E-state index contributed by atoms with van der Waals surface area (Å²) < 4.78 is 5.50. The molecule has 24 heavy (non-hydrogen) atoms. The first kappa shape index (κ1) is 16.2. The van der Waals surface area contributed by atoms with E-state index in [1.165, 1.54) is 0 Å². The molecule has 0 bridgehead atoms. The standard InChI is InChI=1S/C19H18N2O2S/c1-13-16(18(22)23-12-14-8-4-2-5-9-14)17(21-19(24)20-13)15-10-6-3-7-11-15/h2-11,17H,12H2,1H3,(H2,20,21,24)/t17-/m0/s1. The lowest BCUT2D eigenvalue weighted by molar-refractivity contribution is -0.140. The fourth-order valence-electron chi connectivity index (χ4n) is 2.66. The van der Waals surface area contributed by atoms with Crippen molar-refractivity contribution in [3.8, 4) is 0 Å². The van der Waals surface area contributed by atoms with E-state index in [0.29, 0.717) is 16.4 Å². The molecule has 1 heterocycles. The number of rotatable bonds is 4. The predicted molar refractivity (Wildman–Crippen MR) is 97.0 cm³/mol. The van der Waals surface area contributed by atoms with Gasteiger partial charge >= 0.3 is 5.97 Å². The van der Waals surface area contributed by atoms with Crippen molar-refractivity contribution in [1.82, 2.24) is 10.6 Å². The maximum Gasteiger partial charge on any atom is 0.338 e. The van der Waals surface area contributed by atoms with Gasteiger partial charge < -0.3 is 15.4 Å². The van der Waals surface area contributed by atoms with Crippen molar-refractivity contribution in [2.24, 2.45) is 0 Å². The number of benzene rings is 2. The van der Waals surface area contributed by atoms with E-state index < -0.39 is 0 Å². The molecular formula is C19H18N2O2S. The molecule has 0 unspecified atom stereocenters. The minimum Gasteiger partial charge on any atom is -0.457 e. The number of esters is 1. The normalized spacial score (nSPS) is 17.0. The molecule has 122 valence electrons. The quantitative estimate of drug-likeness (QED) is 0.662. The molecule has 2 N–H and O–H groups in total. The van der Waals surface area contributed by atoms with Crippen LogP contribution in [0.3, 0.4) is 0 Å². The van der Waals surface area contributed by atoms with Gasteiger partial charge in [-0.25, -0.2) is 4.79 Å². The molecule has 2 aromatic carbocycles. The van der Waals surface area contributed by atoms with Gasteiger partial charge in [-0.3, -0.25) is 0 Å². The first-order valence-corrected chi connectivity index (χ1v) is 8.10. The fourth-order valence-corrected chi connectivity index (χ4v) is 2.93. The van der Waals surface area contributed by atoms with Crippen LogP contribution in [0.2, 0.25) is 0 Å². The van der Waals surface area contributed by atoms with E-state index >= 15 is 0 Å². The molecule has 1 aliphatic heterocycles. The van der Waals surface area contributed by atoms with Gasteiger partial charge in [-0.1, -0.05) is 60.7 Å². The largest absolute Gasteiger partial charge is 0.457 e. The van der Waals surface area contributed by atoms with E-state index in [0.717, 1.165) is 11.1 Å². The summed E-state index contributed by atoms with van der Waals surface area (Å²) in [4.78, 5) is 12.7. The van der Waals surface area contributed by atoms with Gasteiger partial charge in [0.2, 0.25) is 0 Å². The van der Waals surface area contributed by atoms with Gasteiger partial charge in [0, 0.05) is 5.70 Å². The molecule has 1 aliphatic rings. The average molecular weight is 338 g/mol. The van der Waals surface area contributed by atoms with E-state index in [4.69, 9.17) is 17.0 Å². The number of hydrogen-bond donors (Lipinski definition) is 2. The Hall–Kier alpha value is -2.66. The van der Waals surface area contributed by atoms with E-state index in [1.807, 2.05) is 67.6 Å². The van der Waals surface area contributed by atoms with Crippen LogP contribution in [0.25, 0.3) is 0 Å². The minimum absolute atomic E-state index is 0.239. The second kappa shape index (κ2) is 7.27. The van der Waals surface area contributed by atoms with Crippen molar-refractivity contribution in [2.45, 2.75) is 19.6 Å². The van der Waals surface area contributed by atoms with Crippen LogP contribution in [0.4, 0.5) is 0 Å². The highest BCUT2D eigenvalue weighted by atomic mass is 32.1. The molecule has 0 amide bonds. The topological polar surface area (TPSA) is 50.4 Å². The number of thiocarbonyl (C=S) groups is 1. The van der Waals surface area contributed by atoms with Crippen molar-refractivity contribution >= 4 is 23.3 Å². The van der Waals surface area contributed by atoms with Crippen LogP contribution in [-0.4, -0.2) is 11.1 Å². The maximum atomic E-state index is 12.7. The van der Waals surface area contributed by atoms with Crippen LogP contribution in [0.1, 0.15) is 24.1 Å². The molecule has 4 nitrogen and oxygen atoms in total. The number of carbonyl (C=O) groups is 1. The highest BCUT2D eigenvalue weighted by Gasteiger charge is 2.30. The predicted octanol–water partition coefficient (Wildman–Crippen LogP) is 3.22. The zero-order valence-corrected chi connectivity index (χ0v) is 14.1. The highest BCUT2D eigenvalue weighted by molar-refractivity contribution is 7.80. The Morgan fingerprint density at radius 3 is 2.38 bits per heavy atom. The zero-order valence-electron chi connectivity index (χ0n) is 13.3. The van der Waals surface area contributed by atoms with Crippen LogP contribution in [0.5, 0.6) is 0 Å². The van der Waals surface area contributed by atoms with Gasteiger partial charge in [-0.15, -0.1) is 0 Å². The van der Waals surface area contributed by atoms with E-state index in [1.54, 1.807) is 0 Å². The Morgan fingerprint density at radius 2 is 1.71 bits per heavy atom. The lowest BCUT2D eigenvalue weighted by atomic mass is 9.96. The lowest BCUT2D eigenvalue weighted by Crippen LogP contribution is -2.45. The third-order valence-corrected chi connectivity index (χ3v) is 4.05. The lowest BCUT2D eigenvalue weighted by Gasteiger charge is -2.29. The van der Waals surface area contributed by atoms with Crippen molar-refractivity contribution in [3.05, 3.63) is 83.1 Å². The molecule has 2 aromatic rings.